The van der Waals surface area contributed by atoms with E-state index in [0.717, 1.165) is 70.3 Å². The Hall–Kier alpha value is -1.81. The molecular weight excluding hydrogens is 360 g/mol. The minimum Gasteiger partial charge on any atom is -0.371 e. The number of nitrogens with zero attached hydrogens (tertiary/aromatic N) is 1. The van der Waals surface area contributed by atoms with Crippen molar-refractivity contribution >= 4 is 11.6 Å². The van der Waals surface area contributed by atoms with E-state index in [2.05, 4.69) is 55.3 Å². The molecule has 1 aromatic rings. The molecule has 1 amide bonds. The number of hydrogen-bond donors (Lipinski definition) is 1. The van der Waals surface area contributed by atoms with Crippen molar-refractivity contribution in [3.8, 4) is 0 Å². The van der Waals surface area contributed by atoms with Crippen molar-refractivity contribution in [2.45, 2.75) is 83.3 Å². The Kier molecular flexibility index (Phi) is 5.74. The molecule has 4 heteroatoms. The van der Waals surface area contributed by atoms with Gasteiger partial charge in [0.2, 0.25) is 5.91 Å². The molecule has 1 spiro atoms. The van der Waals surface area contributed by atoms with Crippen LogP contribution in [0.15, 0.2) is 29.8 Å². The van der Waals surface area contributed by atoms with Gasteiger partial charge in [0.15, 0.2) is 0 Å². The Morgan fingerprint density at radius 3 is 2.38 bits per heavy atom. The van der Waals surface area contributed by atoms with E-state index in [9.17, 15) is 4.79 Å². The molecule has 1 aliphatic carbocycles. The maximum Gasteiger partial charge on any atom is 0.248 e. The van der Waals surface area contributed by atoms with Crippen LogP contribution in [0.25, 0.3) is 0 Å². The molecule has 1 N–H and O–H groups in total. The number of rotatable bonds is 3. The van der Waals surface area contributed by atoms with Crippen molar-refractivity contribution in [3.63, 3.8) is 0 Å². The normalized spacial score (nSPS) is 23.6. The highest BCUT2D eigenvalue weighted by Gasteiger charge is 2.45. The van der Waals surface area contributed by atoms with Gasteiger partial charge >= 0.3 is 0 Å². The van der Waals surface area contributed by atoms with Crippen molar-refractivity contribution in [3.05, 3.63) is 41.0 Å². The molecule has 2 heterocycles. The molecule has 158 valence electrons. The number of hydrogen-bond acceptors (Lipinski definition) is 3. The summed E-state index contributed by atoms with van der Waals surface area (Å²) < 4.78 is 6.17. The van der Waals surface area contributed by atoms with Gasteiger partial charge < -0.3 is 15.0 Å². The monoisotopic (exact) mass is 396 g/mol. The summed E-state index contributed by atoms with van der Waals surface area (Å²) in [6, 6.07) is 6.46. The molecule has 2 aliphatic heterocycles. The van der Waals surface area contributed by atoms with E-state index in [0.29, 0.717) is 5.91 Å². The summed E-state index contributed by atoms with van der Waals surface area (Å²) in [5.41, 5.74) is 4.47. The second kappa shape index (κ2) is 8.14. The minimum atomic E-state index is -0.455. The van der Waals surface area contributed by atoms with Gasteiger partial charge in [0.25, 0.3) is 0 Å². The van der Waals surface area contributed by atoms with Gasteiger partial charge in [0.05, 0.1) is 12.2 Å². The molecule has 3 aliphatic rings. The zero-order valence-electron chi connectivity index (χ0n) is 18.4. The summed E-state index contributed by atoms with van der Waals surface area (Å²) in [7, 11) is 0. The van der Waals surface area contributed by atoms with Crippen molar-refractivity contribution in [2.75, 3.05) is 25.0 Å². The Bertz CT molecular complexity index is 784. The molecule has 2 fully saturated rings. The van der Waals surface area contributed by atoms with E-state index in [-0.39, 0.29) is 5.60 Å². The van der Waals surface area contributed by atoms with Crippen molar-refractivity contribution in [1.29, 1.82) is 0 Å². The molecule has 1 aromatic carbocycles. The Labute approximate surface area is 175 Å². The zero-order chi connectivity index (χ0) is 20.5. The largest absolute Gasteiger partial charge is 0.371 e. The fourth-order valence-electron chi connectivity index (χ4n) is 5.30. The molecule has 0 unspecified atom stereocenters. The number of benzene rings is 1. The van der Waals surface area contributed by atoms with E-state index >= 15 is 0 Å². The average Bonchev–Trinajstić information content (AvgIpc) is 2.71. The number of carbonyl (C=O) groups excluding carboxylic acids is 1. The lowest BCUT2D eigenvalue weighted by molar-refractivity contribution is -0.142. The molecule has 0 atom stereocenters. The van der Waals surface area contributed by atoms with Crippen LogP contribution in [-0.2, 0) is 9.53 Å². The van der Waals surface area contributed by atoms with E-state index in [1.165, 1.54) is 23.1 Å². The maximum atomic E-state index is 13.8. The predicted octanol–water partition coefficient (Wildman–Crippen LogP) is 5.15. The third-order valence-corrected chi connectivity index (χ3v) is 7.30. The van der Waals surface area contributed by atoms with E-state index in [1.807, 2.05) is 0 Å². The summed E-state index contributed by atoms with van der Waals surface area (Å²) in [6.07, 6.45) is 10.5. The lowest BCUT2D eigenvalue weighted by Gasteiger charge is -2.46. The minimum absolute atomic E-state index is 0.139. The number of amides is 1. The first-order valence-electron chi connectivity index (χ1n) is 11.4. The van der Waals surface area contributed by atoms with Gasteiger partial charge in [-0.05, 0) is 76.1 Å². The topological polar surface area (TPSA) is 41.6 Å². The number of likely N-dealkylation sites (tertiary alicyclic amines) is 1. The van der Waals surface area contributed by atoms with Gasteiger partial charge in [0.1, 0.15) is 5.54 Å². The van der Waals surface area contributed by atoms with Gasteiger partial charge in [-0.1, -0.05) is 37.0 Å². The first-order chi connectivity index (χ1) is 13.9. The summed E-state index contributed by atoms with van der Waals surface area (Å²) in [5, 5.41) is 3.70. The van der Waals surface area contributed by atoms with Gasteiger partial charge in [-0.3, -0.25) is 4.79 Å². The van der Waals surface area contributed by atoms with Crippen LogP contribution in [0.1, 0.15) is 69.4 Å². The van der Waals surface area contributed by atoms with Crippen LogP contribution < -0.4 is 5.32 Å². The Balaban J connectivity index is 1.50. The van der Waals surface area contributed by atoms with Crippen LogP contribution in [0.2, 0.25) is 0 Å². The molecule has 4 rings (SSSR count). The summed E-state index contributed by atoms with van der Waals surface area (Å²) in [5.74, 6) is 0.293. The van der Waals surface area contributed by atoms with Crippen molar-refractivity contribution in [2.24, 2.45) is 0 Å². The lowest BCUT2D eigenvalue weighted by atomic mass is 9.79. The maximum absolute atomic E-state index is 13.8. The third-order valence-electron chi connectivity index (χ3n) is 7.30. The second-order valence-electron chi connectivity index (χ2n) is 9.51. The van der Waals surface area contributed by atoms with Crippen molar-refractivity contribution < 1.29 is 9.53 Å². The van der Waals surface area contributed by atoms with Crippen LogP contribution in [0, 0.1) is 13.8 Å². The van der Waals surface area contributed by atoms with Gasteiger partial charge in [-0.2, -0.15) is 0 Å². The highest BCUT2D eigenvalue weighted by Crippen LogP contribution is 2.37. The highest BCUT2D eigenvalue weighted by atomic mass is 16.5. The lowest BCUT2D eigenvalue weighted by Crippen LogP contribution is -2.58. The number of piperidine rings is 1. The molecule has 29 heavy (non-hydrogen) atoms. The van der Waals surface area contributed by atoms with Gasteiger partial charge in [-0.15, -0.1) is 0 Å². The third kappa shape index (κ3) is 4.23. The standard InChI is InChI=1S/C25H36N2O2/c1-19-9-16-29-24(18-19)12-14-27(15-13-24)23(28)25(10-5-4-6-11-25)26-22-8-7-20(2)21(3)17-22/h7-8,17-18,26H,4-6,9-16H2,1-3H3. The van der Waals surface area contributed by atoms with Crippen LogP contribution in [0.4, 0.5) is 5.69 Å². The Morgan fingerprint density at radius 1 is 1.00 bits per heavy atom. The SMILES string of the molecule is CC1=CC2(CCN(C(=O)C3(Nc4ccc(C)c(C)c4)CCCCC3)CC2)OCC1. The average molecular weight is 397 g/mol. The van der Waals surface area contributed by atoms with Crippen LogP contribution in [0.3, 0.4) is 0 Å². The van der Waals surface area contributed by atoms with E-state index in [1.54, 1.807) is 0 Å². The first kappa shape index (κ1) is 20.5. The molecule has 0 radical (unpaired) electrons. The quantitative estimate of drug-likeness (QED) is 0.719. The van der Waals surface area contributed by atoms with Crippen LogP contribution in [-0.4, -0.2) is 41.6 Å². The Morgan fingerprint density at radius 2 is 1.72 bits per heavy atom. The smallest absolute Gasteiger partial charge is 0.248 e. The molecule has 0 aromatic heterocycles. The predicted molar refractivity (Wildman–Crippen MR) is 118 cm³/mol. The van der Waals surface area contributed by atoms with E-state index < -0.39 is 5.54 Å². The molecule has 0 bridgehead atoms. The molecule has 4 nitrogen and oxygen atoms in total. The second-order valence-corrected chi connectivity index (χ2v) is 9.51. The summed E-state index contributed by atoms with van der Waals surface area (Å²) in [6.45, 7) is 8.87. The fourth-order valence-corrected chi connectivity index (χ4v) is 5.30. The van der Waals surface area contributed by atoms with E-state index in [4.69, 9.17) is 4.74 Å². The number of ether oxygens (including phenoxy) is 1. The first-order valence-corrected chi connectivity index (χ1v) is 11.4. The zero-order valence-corrected chi connectivity index (χ0v) is 18.4. The highest BCUT2D eigenvalue weighted by molar-refractivity contribution is 5.90. The van der Waals surface area contributed by atoms with Crippen LogP contribution in [0.5, 0.6) is 0 Å². The van der Waals surface area contributed by atoms with Crippen molar-refractivity contribution in [1.82, 2.24) is 4.90 Å². The summed E-state index contributed by atoms with van der Waals surface area (Å²) in [4.78, 5) is 15.9. The number of carbonyl (C=O) groups is 1. The van der Waals surface area contributed by atoms with Gasteiger partial charge in [0, 0.05) is 18.8 Å². The number of aryl methyl sites for hydroxylation is 2. The number of nitrogens with one attached hydrogen (secondary N) is 1. The molecular formula is C25H36N2O2. The fraction of sp³-hybridized carbons (Fsp3) is 0.640. The summed E-state index contributed by atoms with van der Waals surface area (Å²) >= 11 is 0. The van der Waals surface area contributed by atoms with Crippen LogP contribution >= 0.6 is 0 Å². The molecule has 1 saturated carbocycles. The molecule has 1 saturated heterocycles. The van der Waals surface area contributed by atoms with Gasteiger partial charge in [-0.25, -0.2) is 0 Å². The number of anilines is 1.